The van der Waals surface area contributed by atoms with Crippen molar-refractivity contribution in [1.82, 2.24) is 0 Å². The van der Waals surface area contributed by atoms with Crippen molar-refractivity contribution in [3.05, 3.63) is 102 Å². The molecule has 0 atom stereocenters. The molecular formula is C23H15N2P. The Morgan fingerprint density at radius 2 is 1.04 bits per heavy atom. The third-order valence-electron chi connectivity index (χ3n) is 3.79. The normalized spacial score (nSPS) is 9.31. The van der Waals surface area contributed by atoms with E-state index < -0.39 is 7.38 Å². The Morgan fingerprint density at radius 3 is 1.46 bits per heavy atom. The van der Waals surface area contributed by atoms with Crippen LogP contribution in [0, 0.1) is 28.3 Å². The Kier molecular flexibility index (Phi) is 5.67. The van der Waals surface area contributed by atoms with Gasteiger partial charge in [-0.2, -0.15) is 10.5 Å². The van der Waals surface area contributed by atoms with Crippen LogP contribution in [0.5, 0.6) is 0 Å². The van der Waals surface area contributed by atoms with E-state index in [1.54, 1.807) is 0 Å². The van der Waals surface area contributed by atoms with E-state index in [-0.39, 0.29) is 5.57 Å². The number of allylic oxidation sites excluding steroid dienone is 2. The van der Waals surface area contributed by atoms with Gasteiger partial charge in [0.25, 0.3) is 0 Å². The second-order valence-electron chi connectivity index (χ2n) is 5.46. The fourth-order valence-corrected chi connectivity index (χ4v) is 4.51. The highest BCUT2D eigenvalue weighted by Crippen LogP contribution is 2.26. The van der Waals surface area contributed by atoms with Crippen LogP contribution in [0.15, 0.2) is 96.6 Å². The molecule has 0 fully saturated rings. The smallest absolute Gasteiger partial charge is 0.145 e. The van der Waals surface area contributed by atoms with E-state index in [1.165, 1.54) is 0 Å². The molecule has 26 heavy (non-hydrogen) atoms. The van der Waals surface area contributed by atoms with Gasteiger partial charge in [-0.1, -0.05) is 96.6 Å². The van der Waals surface area contributed by atoms with Crippen LogP contribution in [-0.4, -0.2) is 0 Å². The van der Waals surface area contributed by atoms with Gasteiger partial charge in [-0.25, -0.2) is 0 Å². The van der Waals surface area contributed by atoms with Crippen molar-refractivity contribution in [3.8, 4) is 17.8 Å². The molecule has 3 rings (SSSR count). The lowest BCUT2D eigenvalue weighted by Crippen LogP contribution is -2.05. The van der Waals surface area contributed by atoms with Crippen molar-refractivity contribution in [1.29, 1.82) is 10.5 Å². The fraction of sp³-hybridized carbons (Fsp3) is 0. The summed E-state index contributed by atoms with van der Waals surface area (Å²) in [4.78, 5) is 0. The number of hydrogen-bond acceptors (Lipinski definition) is 2. The summed E-state index contributed by atoms with van der Waals surface area (Å²) in [5, 5.41) is 21.1. The van der Waals surface area contributed by atoms with Gasteiger partial charge in [0.05, 0.1) is 5.57 Å². The van der Waals surface area contributed by atoms with Gasteiger partial charge >= 0.3 is 0 Å². The Labute approximate surface area is 154 Å². The van der Waals surface area contributed by atoms with E-state index >= 15 is 0 Å². The summed E-state index contributed by atoms with van der Waals surface area (Å²) in [5.74, 6) is 0. The van der Waals surface area contributed by atoms with Crippen LogP contribution >= 0.6 is 7.38 Å². The largest absolute Gasteiger partial charge is 0.192 e. The van der Waals surface area contributed by atoms with Gasteiger partial charge in [0.1, 0.15) is 17.7 Å². The molecule has 0 unspecified atom stereocenters. The lowest BCUT2D eigenvalue weighted by atomic mass is 10.0. The zero-order valence-electron chi connectivity index (χ0n) is 14.0. The minimum atomic E-state index is -0.968. The molecule has 0 saturated heterocycles. The van der Waals surface area contributed by atoms with Gasteiger partial charge in [-0.05, 0) is 12.9 Å². The standard InChI is InChI=1S/C23H15N2P/c24-16-20(17-25)23(19-10-4-1-5-11-19)18-26(21-12-6-2-7-13-21)22-14-8-3-9-15-22/h1-15H. The monoisotopic (exact) mass is 350 g/mol. The molecule has 0 saturated carbocycles. The van der Waals surface area contributed by atoms with E-state index in [0.717, 1.165) is 16.2 Å². The highest BCUT2D eigenvalue weighted by Gasteiger charge is 2.09. The van der Waals surface area contributed by atoms with Crippen LogP contribution in [0.25, 0.3) is 5.57 Å². The number of nitriles is 2. The molecule has 0 heterocycles. The van der Waals surface area contributed by atoms with Crippen LogP contribution in [0.2, 0.25) is 0 Å². The van der Waals surface area contributed by atoms with E-state index in [0.29, 0.717) is 5.57 Å². The molecule has 0 spiro atoms. The molecule has 0 bridgehead atoms. The van der Waals surface area contributed by atoms with E-state index in [9.17, 15) is 10.5 Å². The van der Waals surface area contributed by atoms with E-state index in [4.69, 9.17) is 0 Å². The van der Waals surface area contributed by atoms with Gasteiger partial charge in [0, 0.05) is 10.6 Å². The van der Waals surface area contributed by atoms with Crippen molar-refractivity contribution in [2.24, 2.45) is 0 Å². The fourth-order valence-electron chi connectivity index (χ4n) is 2.55. The van der Waals surface area contributed by atoms with Crippen LogP contribution in [0.1, 0.15) is 5.56 Å². The van der Waals surface area contributed by atoms with Gasteiger partial charge in [-0.15, -0.1) is 0 Å². The van der Waals surface area contributed by atoms with Gasteiger partial charge in [-0.3, -0.25) is 0 Å². The topological polar surface area (TPSA) is 47.6 Å². The Hall–Kier alpha value is -3.54. The summed E-state index contributed by atoms with van der Waals surface area (Å²) in [6, 6.07) is 33.8. The Bertz CT molecular complexity index is 1030. The molecule has 0 aromatic heterocycles. The molecular weight excluding hydrogens is 335 g/mol. The maximum absolute atomic E-state index is 9.45. The quantitative estimate of drug-likeness (QED) is 0.476. The minimum absolute atomic E-state index is 0.0792. The third-order valence-corrected chi connectivity index (χ3v) is 5.86. The first kappa shape index (κ1) is 17.3. The summed E-state index contributed by atoms with van der Waals surface area (Å²) >= 11 is 0. The molecule has 122 valence electrons. The summed E-state index contributed by atoms with van der Waals surface area (Å²) in [7, 11) is -0.968. The van der Waals surface area contributed by atoms with Gasteiger partial charge < -0.3 is 0 Å². The maximum atomic E-state index is 9.45. The van der Waals surface area contributed by atoms with Crippen molar-refractivity contribution in [2.45, 2.75) is 0 Å². The summed E-state index contributed by atoms with van der Waals surface area (Å²) in [6.45, 7) is 0. The van der Waals surface area contributed by atoms with Crippen molar-refractivity contribution >= 4 is 23.6 Å². The summed E-state index contributed by atoms with van der Waals surface area (Å²) < 4.78 is 0. The zero-order valence-corrected chi connectivity index (χ0v) is 14.9. The first-order valence-electron chi connectivity index (χ1n) is 8.10. The number of rotatable bonds is 1. The molecule has 0 aliphatic carbocycles. The van der Waals surface area contributed by atoms with Crippen LogP contribution < -0.4 is 10.6 Å². The molecule has 3 aromatic rings. The SMILES string of the molecule is N#CC(C#N)=C(C#P(c1ccccc1)c1ccccc1)c1ccccc1. The Morgan fingerprint density at radius 1 is 0.615 bits per heavy atom. The third kappa shape index (κ3) is 3.92. The molecule has 0 radical (unpaired) electrons. The van der Waals surface area contributed by atoms with Crippen molar-refractivity contribution in [2.75, 3.05) is 0 Å². The Balaban J connectivity index is 2.34. The first-order valence-corrected chi connectivity index (χ1v) is 9.44. The summed E-state index contributed by atoms with van der Waals surface area (Å²) in [5.41, 5.74) is 4.97. The molecule has 0 aliphatic rings. The van der Waals surface area contributed by atoms with Crippen LogP contribution in [-0.2, 0) is 0 Å². The minimum Gasteiger partial charge on any atom is -0.192 e. The lowest BCUT2D eigenvalue weighted by molar-refractivity contribution is 1.46. The average molecular weight is 350 g/mol. The second-order valence-corrected chi connectivity index (χ2v) is 7.39. The van der Waals surface area contributed by atoms with Gasteiger partial charge in [0.2, 0.25) is 0 Å². The first-order chi connectivity index (χ1) is 12.8. The summed E-state index contributed by atoms with van der Waals surface area (Å²) in [6.07, 6.45) is 0. The highest BCUT2D eigenvalue weighted by atomic mass is 31.1. The van der Waals surface area contributed by atoms with Crippen LogP contribution in [0.3, 0.4) is 0 Å². The molecule has 2 nitrogen and oxygen atoms in total. The highest BCUT2D eigenvalue weighted by molar-refractivity contribution is 7.63. The van der Waals surface area contributed by atoms with E-state index in [1.807, 2.05) is 78.9 Å². The van der Waals surface area contributed by atoms with Crippen LogP contribution in [0.4, 0.5) is 0 Å². The van der Waals surface area contributed by atoms with Gasteiger partial charge in [0.15, 0.2) is 0 Å². The zero-order chi connectivity index (χ0) is 18.2. The molecule has 0 N–H and O–H groups in total. The maximum Gasteiger partial charge on any atom is 0.145 e. The lowest BCUT2D eigenvalue weighted by Gasteiger charge is -2.07. The average Bonchev–Trinajstić information content (AvgIpc) is 2.73. The number of hydrogen-bond donors (Lipinski definition) is 0. The number of nitrogens with zero attached hydrogens (tertiary/aromatic N) is 2. The predicted molar refractivity (Wildman–Crippen MR) is 108 cm³/mol. The number of benzene rings is 3. The van der Waals surface area contributed by atoms with Crippen molar-refractivity contribution < 1.29 is 0 Å². The molecule has 3 heteroatoms. The molecule has 0 amide bonds. The molecule has 0 aliphatic heterocycles. The predicted octanol–water partition coefficient (Wildman–Crippen LogP) is 4.58. The van der Waals surface area contributed by atoms with E-state index in [2.05, 4.69) is 29.9 Å². The van der Waals surface area contributed by atoms with Crippen molar-refractivity contribution in [3.63, 3.8) is 0 Å². The second kappa shape index (κ2) is 8.53. The molecule has 3 aromatic carbocycles.